The van der Waals surface area contributed by atoms with E-state index in [1.54, 1.807) is 24.3 Å². The van der Waals surface area contributed by atoms with Crippen LogP contribution in [-0.2, 0) is 0 Å². The Morgan fingerprint density at radius 3 is 1.81 bits per heavy atom. The van der Waals surface area contributed by atoms with E-state index < -0.39 is 0 Å². The van der Waals surface area contributed by atoms with Crippen LogP contribution in [0.2, 0.25) is 0 Å². The van der Waals surface area contributed by atoms with E-state index in [1.807, 2.05) is 60.5 Å². The molecule has 9 heteroatoms. The minimum Gasteiger partial charge on any atom is -0.395 e. The highest BCUT2D eigenvalue weighted by atomic mass is 16.3. The highest BCUT2D eigenvalue weighted by molar-refractivity contribution is 5.76. The lowest BCUT2D eigenvalue weighted by molar-refractivity contribution is 0.111. The van der Waals surface area contributed by atoms with Crippen LogP contribution in [0.4, 0.5) is 17.1 Å². The van der Waals surface area contributed by atoms with Gasteiger partial charge in [0.25, 0.3) is 0 Å². The molecule has 9 nitrogen and oxygen atoms in total. The Bertz CT molecular complexity index is 1230. The molecule has 2 N–H and O–H groups in total. The summed E-state index contributed by atoms with van der Waals surface area (Å²) in [5.41, 5.74) is 5.28. The third-order valence-electron chi connectivity index (χ3n) is 6.64. The minimum absolute atomic E-state index is 0.131. The van der Waals surface area contributed by atoms with Crippen LogP contribution < -0.4 is 15.1 Å². The summed E-state index contributed by atoms with van der Waals surface area (Å²) in [6.07, 6.45) is 3.92. The molecular formula is C33H41N5O4. The van der Waals surface area contributed by atoms with Crippen LogP contribution in [0.25, 0.3) is 0 Å². The van der Waals surface area contributed by atoms with Crippen LogP contribution in [0.15, 0.2) is 72.8 Å². The summed E-state index contributed by atoms with van der Waals surface area (Å²) in [5.74, 6) is 0. The van der Waals surface area contributed by atoms with Crippen molar-refractivity contribution in [1.82, 2.24) is 4.90 Å². The molecule has 1 heterocycles. The van der Waals surface area contributed by atoms with Gasteiger partial charge in [-0.3, -0.25) is 14.4 Å². The van der Waals surface area contributed by atoms with Crippen LogP contribution in [0, 0.1) is 11.3 Å². The molecule has 3 aromatic carbocycles. The standard InChI is InChI=1S/C12H16N2O.C11H12N2O.C10H13NO2/c1-13-6-8-14(9-7-13)12-4-2-11(10-15)3-5-12;12-7-1-2-8-13-11-5-3-10(9-14)4-6-11;1-11(6-7-12)10-4-2-9(8-13)3-5-10/h2-5,10H,6-9H2,1H3;3-6,9,13H,1-2,8H2;2-5,8,12H,6-7H2,1H3. The van der Waals surface area contributed by atoms with Crippen molar-refractivity contribution in [3.05, 3.63) is 89.5 Å². The fourth-order valence-corrected chi connectivity index (χ4v) is 3.99. The van der Waals surface area contributed by atoms with Gasteiger partial charge >= 0.3 is 0 Å². The molecule has 0 unspecified atom stereocenters. The number of nitrogens with zero attached hydrogens (tertiary/aromatic N) is 4. The maximum atomic E-state index is 10.5. The van der Waals surface area contributed by atoms with Crippen molar-refractivity contribution in [2.75, 3.05) is 75.1 Å². The maximum Gasteiger partial charge on any atom is 0.150 e. The van der Waals surface area contributed by atoms with E-state index in [2.05, 4.69) is 28.2 Å². The van der Waals surface area contributed by atoms with Gasteiger partial charge in [0.1, 0.15) is 18.9 Å². The Labute approximate surface area is 249 Å². The van der Waals surface area contributed by atoms with Crippen molar-refractivity contribution >= 4 is 35.9 Å². The van der Waals surface area contributed by atoms with E-state index in [4.69, 9.17) is 10.4 Å². The summed E-state index contributed by atoms with van der Waals surface area (Å²) >= 11 is 0. The SMILES string of the molecule is CN(CCO)c1ccc(C=O)cc1.CN1CCN(c2ccc(C=O)cc2)CC1.N#CCCCNc1ccc(C=O)cc1. The molecule has 0 aromatic heterocycles. The van der Waals surface area contributed by atoms with Crippen LogP contribution in [0.3, 0.4) is 0 Å². The zero-order valence-electron chi connectivity index (χ0n) is 24.5. The maximum absolute atomic E-state index is 10.5. The number of carbonyl (C=O) groups excluding carboxylic acids is 3. The number of hydrogen-bond acceptors (Lipinski definition) is 9. The van der Waals surface area contributed by atoms with Gasteiger partial charge in [-0.05, 0) is 86.3 Å². The lowest BCUT2D eigenvalue weighted by Crippen LogP contribution is -2.44. The van der Waals surface area contributed by atoms with E-state index in [1.165, 1.54) is 5.69 Å². The molecule has 0 saturated carbocycles. The van der Waals surface area contributed by atoms with Crippen molar-refractivity contribution in [2.45, 2.75) is 12.8 Å². The van der Waals surface area contributed by atoms with Crippen LogP contribution >= 0.6 is 0 Å². The fraction of sp³-hybridized carbons (Fsp3) is 0.333. The first-order valence-electron chi connectivity index (χ1n) is 14.0. The Hall–Kier alpha value is -4.52. The molecule has 1 aliphatic heterocycles. The highest BCUT2D eigenvalue weighted by Gasteiger charge is 2.13. The topological polar surface area (TPSA) is 117 Å². The number of aldehydes is 3. The first kappa shape index (κ1) is 33.7. The molecule has 3 aromatic rings. The van der Waals surface area contributed by atoms with E-state index in [0.29, 0.717) is 24.1 Å². The van der Waals surface area contributed by atoms with Crippen molar-refractivity contribution in [3.63, 3.8) is 0 Å². The third kappa shape index (κ3) is 12.3. The minimum atomic E-state index is 0.131. The molecule has 0 radical (unpaired) electrons. The van der Waals surface area contributed by atoms with Crippen LogP contribution in [0.5, 0.6) is 0 Å². The Kier molecular flexibility index (Phi) is 15.7. The second kappa shape index (κ2) is 19.5. The quantitative estimate of drug-likeness (QED) is 0.255. The number of aliphatic hydroxyl groups is 1. The van der Waals surface area contributed by atoms with Gasteiger partial charge in [-0.1, -0.05) is 0 Å². The summed E-state index contributed by atoms with van der Waals surface area (Å²) in [7, 11) is 4.04. The molecule has 0 amide bonds. The molecule has 42 heavy (non-hydrogen) atoms. The second-order valence-corrected chi connectivity index (χ2v) is 9.78. The molecule has 1 aliphatic rings. The number of nitrogens with one attached hydrogen (secondary N) is 1. The van der Waals surface area contributed by atoms with Crippen molar-refractivity contribution in [3.8, 4) is 6.07 Å². The number of nitriles is 1. The predicted octanol–water partition coefficient (Wildman–Crippen LogP) is 4.39. The number of hydrogen-bond donors (Lipinski definition) is 2. The Morgan fingerprint density at radius 1 is 0.833 bits per heavy atom. The number of benzene rings is 3. The zero-order valence-corrected chi connectivity index (χ0v) is 24.5. The van der Waals surface area contributed by atoms with Gasteiger partial charge in [-0.15, -0.1) is 0 Å². The van der Waals surface area contributed by atoms with Gasteiger partial charge < -0.3 is 25.1 Å². The average molecular weight is 572 g/mol. The molecule has 0 atom stereocenters. The smallest absolute Gasteiger partial charge is 0.150 e. The number of anilines is 3. The largest absolute Gasteiger partial charge is 0.395 e. The fourth-order valence-electron chi connectivity index (χ4n) is 3.99. The molecule has 0 bridgehead atoms. The number of aliphatic hydroxyl groups excluding tert-OH is 1. The number of unbranched alkanes of at least 4 members (excludes halogenated alkanes) is 1. The first-order chi connectivity index (χ1) is 20.4. The summed E-state index contributed by atoms with van der Waals surface area (Å²) in [6.45, 7) is 5.86. The average Bonchev–Trinajstić information content (AvgIpc) is 3.04. The van der Waals surface area contributed by atoms with Gasteiger partial charge in [0.2, 0.25) is 0 Å². The van der Waals surface area contributed by atoms with Crippen molar-refractivity contribution in [1.29, 1.82) is 5.26 Å². The summed E-state index contributed by atoms with van der Waals surface area (Å²) in [5, 5.41) is 20.2. The molecule has 1 saturated heterocycles. The van der Waals surface area contributed by atoms with E-state index in [0.717, 1.165) is 74.9 Å². The Balaban J connectivity index is 0.000000221. The molecule has 0 aliphatic carbocycles. The third-order valence-corrected chi connectivity index (χ3v) is 6.64. The van der Waals surface area contributed by atoms with Gasteiger partial charge in [0.15, 0.2) is 0 Å². The van der Waals surface area contributed by atoms with Crippen molar-refractivity contribution in [2.24, 2.45) is 0 Å². The first-order valence-corrected chi connectivity index (χ1v) is 14.0. The van der Waals surface area contributed by atoms with Gasteiger partial charge in [0, 0.05) is 86.5 Å². The van der Waals surface area contributed by atoms with Crippen LogP contribution in [0.1, 0.15) is 43.9 Å². The zero-order chi connectivity index (χ0) is 30.6. The monoisotopic (exact) mass is 571 g/mol. The van der Waals surface area contributed by atoms with E-state index >= 15 is 0 Å². The molecular weight excluding hydrogens is 530 g/mol. The van der Waals surface area contributed by atoms with Crippen LogP contribution in [-0.4, -0.2) is 88.8 Å². The van der Waals surface area contributed by atoms with E-state index in [-0.39, 0.29) is 6.61 Å². The number of carbonyl (C=O) groups is 3. The van der Waals surface area contributed by atoms with E-state index in [9.17, 15) is 14.4 Å². The lowest BCUT2D eigenvalue weighted by atomic mass is 10.2. The molecule has 1 fully saturated rings. The predicted molar refractivity (Wildman–Crippen MR) is 169 cm³/mol. The van der Waals surface area contributed by atoms with Gasteiger partial charge in [-0.2, -0.15) is 5.26 Å². The number of rotatable bonds is 11. The normalized spacial score (nSPS) is 12.4. The molecule has 222 valence electrons. The van der Waals surface area contributed by atoms with Gasteiger partial charge in [-0.25, -0.2) is 0 Å². The highest BCUT2D eigenvalue weighted by Crippen LogP contribution is 2.16. The summed E-state index contributed by atoms with van der Waals surface area (Å²) in [6, 6.07) is 24.4. The Morgan fingerprint density at radius 2 is 1.33 bits per heavy atom. The molecule has 0 spiro atoms. The van der Waals surface area contributed by atoms with Crippen molar-refractivity contribution < 1.29 is 19.5 Å². The lowest BCUT2D eigenvalue weighted by Gasteiger charge is -2.34. The summed E-state index contributed by atoms with van der Waals surface area (Å²) in [4.78, 5) is 37.8. The summed E-state index contributed by atoms with van der Waals surface area (Å²) < 4.78 is 0. The number of piperazine rings is 1. The molecule has 4 rings (SSSR count). The second-order valence-electron chi connectivity index (χ2n) is 9.78. The van der Waals surface area contributed by atoms with Gasteiger partial charge in [0.05, 0.1) is 12.7 Å². The number of likely N-dealkylation sites (N-methyl/N-ethyl adjacent to an activating group) is 2.